The molecule has 0 aromatic rings. The number of nitrogens with zero attached hydrogens (tertiary/aromatic N) is 1. The molecule has 1 unspecified atom stereocenters. The van der Waals surface area contributed by atoms with Gasteiger partial charge in [0.25, 0.3) is 0 Å². The van der Waals surface area contributed by atoms with Crippen LogP contribution >= 0.6 is 0 Å². The topological polar surface area (TPSA) is 44.7 Å². The summed E-state index contributed by atoms with van der Waals surface area (Å²) in [5, 5.41) is 13.3. The van der Waals surface area contributed by atoms with Crippen LogP contribution in [0.25, 0.3) is 0 Å². The van der Waals surface area contributed by atoms with Crippen molar-refractivity contribution in [2.75, 3.05) is 39.8 Å². The van der Waals surface area contributed by atoms with Crippen molar-refractivity contribution in [1.29, 1.82) is 0 Å². The molecular weight excluding hydrogens is 192 g/mol. The standard InChI is InChI=1S/C11H24N2O2/c1-10(2)15-7-6-13(3)9-11(14)4-5-12-8-11/h10,12,14H,4-9H2,1-3H3. The predicted octanol–water partition coefficient (Wildman–Crippen LogP) is 0.0676. The van der Waals surface area contributed by atoms with Gasteiger partial charge in [0.2, 0.25) is 0 Å². The number of hydrogen-bond donors (Lipinski definition) is 2. The molecule has 0 aliphatic carbocycles. The largest absolute Gasteiger partial charge is 0.387 e. The summed E-state index contributed by atoms with van der Waals surface area (Å²) in [5.41, 5.74) is -0.535. The summed E-state index contributed by atoms with van der Waals surface area (Å²) in [4.78, 5) is 2.13. The van der Waals surface area contributed by atoms with E-state index in [9.17, 15) is 5.11 Å². The maximum atomic E-state index is 10.1. The van der Waals surface area contributed by atoms with E-state index >= 15 is 0 Å². The first-order valence-electron chi connectivity index (χ1n) is 5.75. The van der Waals surface area contributed by atoms with Gasteiger partial charge in [0.05, 0.1) is 18.3 Å². The second-order valence-electron chi connectivity index (χ2n) is 4.81. The van der Waals surface area contributed by atoms with Crippen LogP contribution in [0.3, 0.4) is 0 Å². The van der Waals surface area contributed by atoms with Gasteiger partial charge < -0.3 is 20.1 Å². The van der Waals surface area contributed by atoms with Crippen molar-refractivity contribution in [3.63, 3.8) is 0 Å². The minimum atomic E-state index is -0.535. The second kappa shape index (κ2) is 5.80. The number of ether oxygens (including phenoxy) is 1. The lowest BCUT2D eigenvalue weighted by Gasteiger charge is -2.28. The lowest BCUT2D eigenvalue weighted by Crippen LogP contribution is -2.44. The predicted molar refractivity (Wildman–Crippen MR) is 61.0 cm³/mol. The van der Waals surface area contributed by atoms with Crippen LogP contribution < -0.4 is 5.32 Å². The van der Waals surface area contributed by atoms with E-state index in [0.29, 0.717) is 6.54 Å². The van der Waals surface area contributed by atoms with E-state index in [2.05, 4.69) is 10.2 Å². The number of rotatable bonds is 6. The lowest BCUT2D eigenvalue weighted by molar-refractivity contribution is 0.0118. The second-order valence-corrected chi connectivity index (χ2v) is 4.81. The van der Waals surface area contributed by atoms with E-state index in [1.807, 2.05) is 20.9 Å². The van der Waals surface area contributed by atoms with Crippen molar-refractivity contribution in [2.24, 2.45) is 0 Å². The number of likely N-dealkylation sites (N-methyl/N-ethyl adjacent to an activating group) is 1. The van der Waals surface area contributed by atoms with Crippen molar-refractivity contribution >= 4 is 0 Å². The molecule has 0 amide bonds. The van der Waals surface area contributed by atoms with Crippen molar-refractivity contribution in [1.82, 2.24) is 10.2 Å². The Hall–Kier alpha value is -0.160. The molecule has 2 N–H and O–H groups in total. The molecule has 1 heterocycles. The number of hydrogen-bond acceptors (Lipinski definition) is 4. The van der Waals surface area contributed by atoms with E-state index < -0.39 is 5.60 Å². The average Bonchev–Trinajstić information content (AvgIpc) is 2.50. The highest BCUT2D eigenvalue weighted by Gasteiger charge is 2.31. The zero-order valence-electron chi connectivity index (χ0n) is 10.1. The highest BCUT2D eigenvalue weighted by molar-refractivity contribution is 4.89. The summed E-state index contributed by atoms with van der Waals surface area (Å²) in [7, 11) is 2.03. The molecule has 1 rings (SSSR count). The SMILES string of the molecule is CC(C)OCCN(C)CC1(O)CCNC1. The van der Waals surface area contributed by atoms with E-state index in [0.717, 1.165) is 32.7 Å². The maximum absolute atomic E-state index is 10.1. The van der Waals surface area contributed by atoms with Crippen LogP contribution in [0.15, 0.2) is 0 Å². The van der Waals surface area contributed by atoms with Crippen LogP contribution in [0.5, 0.6) is 0 Å². The monoisotopic (exact) mass is 216 g/mol. The van der Waals surface area contributed by atoms with E-state index in [-0.39, 0.29) is 6.10 Å². The Bertz CT molecular complexity index is 179. The fourth-order valence-electron chi connectivity index (χ4n) is 1.89. The smallest absolute Gasteiger partial charge is 0.0909 e. The zero-order chi connectivity index (χ0) is 11.3. The first kappa shape index (κ1) is 12.9. The van der Waals surface area contributed by atoms with Crippen LogP contribution in [0, 0.1) is 0 Å². The summed E-state index contributed by atoms with van der Waals surface area (Å²) in [5.74, 6) is 0. The van der Waals surface area contributed by atoms with Crippen LogP contribution in [0.1, 0.15) is 20.3 Å². The van der Waals surface area contributed by atoms with E-state index in [1.54, 1.807) is 0 Å². The highest BCUT2D eigenvalue weighted by atomic mass is 16.5. The minimum absolute atomic E-state index is 0.287. The maximum Gasteiger partial charge on any atom is 0.0909 e. The molecule has 4 nitrogen and oxygen atoms in total. The summed E-state index contributed by atoms with van der Waals surface area (Å²) < 4.78 is 5.47. The third kappa shape index (κ3) is 4.93. The lowest BCUT2D eigenvalue weighted by atomic mass is 10.0. The van der Waals surface area contributed by atoms with Gasteiger partial charge in [0.15, 0.2) is 0 Å². The molecule has 1 saturated heterocycles. The van der Waals surface area contributed by atoms with Crippen molar-refractivity contribution in [3.05, 3.63) is 0 Å². The van der Waals surface area contributed by atoms with Gasteiger partial charge >= 0.3 is 0 Å². The van der Waals surface area contributed by atoms with Gasteiger partial charge in [-0.3, -0.25) is 0 Å². The normalized spacial score (nSPS) is 26.8. The molecule has 1 aliphatic rings. The summed E-state index contributed by atoms with van der Waals surface area (Å²) >= 11 is 0. The third-order valence-corrected chi connectivity index (χ3v) is 2.71. The van der Waals surface area contributed by atoms with Crippen molar-refractivity contribution < 1.29 is 9.84 Å². The third-order valence-electron chi connectivity index (χ3n) is 2.71. The quantitative estimate of drug-likeness (QED) is 0.659. The number of aliphatic hydroxyl groups is 1. The van der Waals surface area contributed by atoms with Gasteiger partial charge in [-0.1, -0.05) is 0 Å². The summed E-state index contributed by atoms with van der Waals surface area (Å²) in [6.07, 6.45) is 1.14. The van der Waals surface area contributed by atoms with Crippen LogP contribution in [-0.4, -0.2) is 61.5 Å². The molecule has 0 bridgehead atoms. The van der Waals surface area contributed by atoms with Gasteiger partial charge in [0.1, 0.15) is 0 Å². The van der Waals surface area contributed by atoms with Crippen molar-refractivity contribution in [3.8, 4) is 0 Å². The van der Waals surface area contributed by atoms with Gasteiger partial charge in [-0.05, 0) is 33.9 Å². The van der Waals surface area contributed by atoms with E-state index in [4.69, 9.17) is 4.74 Å². The fraction of sp³-hybridized carbons (Fsp3) is 1.00. The molecule has 1 atom stereocenters. The molecule has 0 aromatic carbocycles. The van der Waals surface area contributed by atoms with Gasteiger partial charge in [-0.15, -0.1) is 0 Å². The highest BCUT2D eigenvalue weighted by Crippen LogP contribution is 2.14. The molecular formula is C11H24N2O2. The Morgan fingerprint density at radius 1 is 1.53 bits per heavy atom. The van der Waals surface area contributed by atoms with E-state index in [1.165, 1.54) is 0 Å². The number of nitrogens with one attached hydrogen (secondary N) is 1. The van der Waals surface area contributed by atoms with Crippen LogP contribution in [0.4, 0.5) is 0 Å². The molecule has 4 heteroatoms. The molecule has 1 aliphatic heterocycles. The Morgan fingerprint density at radius 2 is 2.27 bits per heavy atom. The summed E-state index contributed by atoms with van der Waals surface area (Å²) in [6, 6.07) is 0. The van der Waals surface area contributed by atoms with Crippen LogP contribution in [0.2, 0.25) is 0 Å². The average molecular weight is 216 g/mol. The Balaban J connectivity index is 2.14. The number of β-amino-alcohol motifs (C(OH)–C–C–N with tert-alkyl or cyclic N) is 1. The fourth-order valence-corrected chi connectivity index (χ4v) is 1.89. The van der Waals surface area contributed by atoms with Gasteiger partial charge in [-0.2, -0.15) is 0 Å². The molecule has 0 spiro atoms. The molecule has 1 fully saturated rings. The van der Waals surface area contributed by atoms with Crippen LogP contribution in [-0.2, 0) is 4.74 Å². The molecule has 0 radical (unpaired) electrons. The van der Waals surface area contributed by atoms with Gasteiger partial charge in [-0.25, -0.2) is 0 Å². The first-order valence-corrected chi connectivity index (χ1v) is 5.75. The molecule has 90 valence electrons. The Kier molecular flexibility index (Phi) is 4.99. The molecule has 0 saturated carbocycles. The summed E-state index contributed by atoms with van der Waals surface area (Å²) in [6.45, 7) is 8.04. The Morgan fingerprint density at radius 3 is 2.80 bits per heavy atom. The van der Waals surface area contributed by atoms with Crippen molar-refractivity contribution in [2.45, 2.75) is 32.0 Å². The molecule has 15 heavy (non-hydrogen) atoms. The first-order chi connectivity index (χ1) is 7.02. The zero-order valence-corrected chi connectivity index (χ0v) is 10.1. The molecule has 0 aromatic heterocycles. The van der Waals surface area contributed by atoms with Gasteiger partial charge in [0, 0.05) is 19.6 Å². The minimum Gasteiger partial charge on any atom is -0.387 e. The Labute approximate surface area is 92.6 Å².